The van der Waals surface area contributed by atoms with E-state index in [1.54, 1.807) is 26.0 Å². The van der Waals surface area contributed by atoms with Gasteiger partial charge in [0.25, 0.3) is 0 Å². The van der Waals surface area contributed by atoms with Crippen molar-refractivity contribution in [3.8, 4) is 0 Å². The molecule has 0 heterocycles. The number of esters is 2. The standard InChI is InChI=1S/C26H39NO6/c1-16(28)27-20-14-25(7,21(31)9-11-23(4,5)33-18(3)30)19-8-12-24(6)15-26(19,20)13-10-22(24)32-17(2)29/h9,11,19-20,22H,8,10,12-15H2,1-7H3,(H,27,28)/b11-9+/t19-,20-,22+,24+,25+,26-/m1/s1. The molecule has 1 N–H and O–H groups in total. The lowest BCUT2D eigenvalue weighted by Crippen LogP contribution is -2.58. The fourth-order valence-corrected chi connectivity index (χ4v) is 7.26. The van der Waals surface area contributed by atoms with E-state index in [-0.39, 0.29) is 46.6 Å². The number of carbonyl (C=O) groups excluding carboxylic acids is 4. The summed E-state index contributed by atoms with van der Waals surface area (Å²) in [7, 11) is 0. The molecule has 0 radical (unpaired) electrons. The summed E-state index contributed by atoms with van der Waals surface area (Å²) in [5.74, 6) is -0.631. The second kappa shape index (κ2) is 8.55. The average molecular weight is 462 g/mol. The Hall–Kier alpha value is -2.18. The van der Waals surface area contributed by atoms with E-state index in [0.717, 1.165) is 32.1 Å². The van der Waals surface area contributed by atoms with Crippen LogP contribution >= 0.6 is 0 Å². The number of nitrogens with one attached hydrogen (secondary N) is 1. The molecule has 1 spiro atoms. The largest absolute Gasteiger partial charge is 0.462 e. The Kier molecular flexibility index (Phi) is 6.59. The first-order valence-electron chi connectivity index (χ1n) is 12.0. The van der Waals surface area contributed by atoms with E-state index in [9.17, 15) is 19.2 Å². The fourth-order valence-electron chi connectivity index (χ4n) is 7.26. The number of allylic oxidation sites excluding steroid dienone is 1. The molecule has 3 fully saturated rings. The third-order valence-electron chi connectivity index (χ3n) is 8.46. The second-order valence-electron chi connectivity index (χ2n) is 11.6. The molecule has 0 aromatic rings. The summed E-state index contributed by atoms with van der Waals surface area (Å²) in [6.07, 6.45) is 7.73. The Balaban J connectivity index is 1.93. The van der Waals surface area contributed by atoms with Crippen LogP contribution in [0.4, 0.5) is 0 Å². The van der Waals surface area contributed by atoms with Gasteiger partial charge in [0, 0.05) is 37.6 Å². The minimum atomic E-state index is -0.877. The third-order valence-corrected chi connectivity index (χ3v) is 8.46. The Morgan fingerprint density at radius 2 is 1.67 bits per heavy atom. The first-order valence-corrected chi connectivity index (χ1v) is 12.0. The molecule has 3 aliphatic rings. The highest BCUT2D eigenvalue weighted by Gasteiger charge is 2.68. The molecular formula is C26H39NO6. The van der Waals surface area contributed by atoms with Gasteiger partial charge in [-0.15, -0.1) is 0 Å². The topological polar surface area (TPSA) is 98.8 Å². The van der Waals surface area contributed by atoms with Crippen molar-refractivity contribution in [1.29, 1.82) is 0 Å². The zero-order valence-electron chi connectivity index (χ0n) is 21.1. The maximum Gasteiger partial charge on any atom is 0.303 e. The van der Waals surface area contributed by atoms with E-state index in [4.69, 9.17) is 9.47 Å². The zero-order chi connectivity index (χ0) is 24.8. The van der Waals surface area contributed by atoms with E-state index in [1.165, 1.54) is 20.8 Å². The molecule has 6 atom stereocenters. The lowest BCUT2D eigenvalue weighted by atomic mass is 9.48. The highest BCUT2D eigenvalue weighted by atomic mass is 16.6. The van der Waals surface area contributed by atoms with E-state index in [2.05, 4.69) is 12.2 Å². The van der Waals surface area contributed by atoms with E-state index >= 15 is 0 Å². The molecule has 0 aromatic heterocycles. The molecule has 3 saturated carbocycles. The summed E-state index contributed by atoms with van der Waals surface area (Å²) in [6.45, 7) is 12.0. The second-order valence-corrected chi connectivity index (χ2v) is 11.6. The number of fused-ring (bicyclic) bond motifs is 1. The lowest BCUT2D eigenvalue weighted by Gasteiger charge is -2.58. The summed E-state index contributed by atoms with van der Waals surface area (Å²) in [5, 5.41) is 3.18. The predicted molar refractivity (Wildman–Crippen MR) is 123 cm³/mol. The van der Waals surface area contributed by atoms with Crippen molar-refractivity contribution in [2.45, 2.75) is 105 Å². The minimum absolute atomic E-state index is 0.00525. The van der Waals surface area contributed by atoms with Crippen LogP contribution in [0.25, 0.3) is 0 Å². The van der Waals surface area contributed by atoms with Crippen molar-refractivity contribution in [2.24, 2.45) is 22.2 Å². The summed E-state index contributed by atoms with van der Waals surface area (Å²) in [6, 6.07) is -0.110. The molecule has 1 amide bonds. The van der Waals surface area contributed by atoms with Gasteiger partial charge in [-0.25, -0.2) is 0 Å². The van der Waals surface area contributed by atoms with Gasteiger partial charge in [-0.05, 0) is 75.9 Å². The highest BCUT2D eigenvalue weighted by molar-refractivity contribution is 5.95. The highest BCUT2D eigenvalue weighted by Crippen LogP contribution is 2.69. The van der Waals surface area contributed by atoms with E-state index in [1.807, 2.05) is 6.92 Å². The average Bonchev–Trinajstić information content (AvgIpc) is 2.88. The summed E-state index contributed by atoms with van der Waals surface area (Å²) < 4.78 is 11.0. The SMILES string of the molecule is CC(=O)N[C@@H]1C[C@](C)(C(=O)/C=C/C(C)(C)OC(C)=O)[C@H]2CC[C@@]3(C)C[C@@]12CC[C@@H]3OC(C)=O. The molecule has 2 bridgehead atoms. The van der Waals surface area contributed by atoms with Gasteiger partial charge in [0.05, 0.1) is 0 Å². The van der Waals surface area contributed by atoms with Crippen molar-refractivity contribution in [3.05, 3.63) is 12.2 Å². The van der Waals surface area contributed by atoms with E-state index < -0.39 is 17.0 Å². The van der Waals surface area contributed by atoms with Gasteiger partial charge in [-0.1, -0.05) is 13.8 Å². The first kappa shape index (κ1) is 25.4. The third kappa shape index (κ3) is 4.73. The van der Waals surface area contributed by atoms with Gasteiger partial charge in [0.1, 0.15) is 11.7 Å². The van der Waals surface area contributed by atoms with Crippen molar-refractivity contribution >= 4 is 23.6 Å². The number of amides is 1. The van der Waals surface area contributed by atoms with Crippen LogP contribution in [0.3, 0.4) is 0 Å². The smallest absolute Gasteiger partial charge is 0.303 e. The predicted octanol–water partition coefficient (Wildman–Crippen LogP) is 3.89. The Bertz CT molecular complexity index is 878. The quantitative estimate of drug-likeness (QED) is 0.476. The van der Waals surface area contributed by atoms with Gasteiger partial charge in [0.15, 0.2) is 5.78 Å². The van der Waals surface area contributed by atoms with Crippen LogP contribution in [0.5, 0.6) is 0 Å². The Morgan fingerprint density at radius 3 is 2.24 bits per heavy atom. The van der Waals surface area contributed by atoms with Gasteiger partial charge in [0.2, 0.25) is 5.91 Å². The number of ether oxygens (including phenoxy) is 2. The molecule has 33 heavy (non-hydrogen) atoms. The number of hydrogen-bond donors (Lipinski definition) is 1. The summed E-state index contributed by atoms with van der Waals surface area (Å²) >= 11 is 0. The Morgan fingerprint density at radius 1 is 1.00 bits per heavy atom. The number of ketones is 1. The summed E-state index contributed by atoms with van der Waals surface area (Å²) in [5.41, 5.74) is -1.89. The van der Waals surface area contributed by atoms with Crippen molar-refractivity contribution in [3.63, 3.8) is 0 Å². The molecule has 3 rings (SSSR count). The molecule has 0 saturated heterocycles. The Labute approximate surface area is 197 Å². The van der Waals surface area contributed by atoms with Crippen molar-refractivity contribution in [2.75, 3.05) is 0 Å². The molecule has 0 unspecified atom stereocenters. The van der Waals surface area contributed by atoms with Crippen molar-refractivity contribution in [1.82, 2.24) is 5.32 Å². The minimum Gasteiger partial charge on any atom is -0.462 e. The maximum atomic E-state index is 13.6. The fraction of sp³-hybridized carbons (Fsp3) is 0.769. The number of hydrogen-bond acceptors (Lipinski definition) is 6. The van der Waals surface area contributed by atoms with Gasteiger partial charge in [-0.2, -0.15) is 0 Å². The number of carbonyl (C=O) groups is 4. The molecule has 3 aliphatic carbocycles. The van der Waals surface area contributed by atoms with Crippen LogP contribution in [0.2, 0.25) is 0 Å². The first-order chi connectivity index (χ1) is 15.1. The molecule has 7 heteroatoms. The van der Waals surface area contributed by atoms with Gasteiger partial charge in [-0.3, -0.25) is 19.2 Å². The van der Waals surface area contributed by atoms with Crippen LogP contribution < -0.4 is 5.32 Å². The van der Waals surface area contributed by atoms with Gasteiger partial charge < -0.3 is 14.8 Å². The summed E-state index contributed by atoms with van der Waals surface area (Å²) in [4.78, 5) is 48.8. The lowest BCUT2D eigenvalue weighted by molar-refractivity contribution is -0.173. The maximum absolute atomic E-state index is 13.6. The van der Waals surface area contributed by atoms with Crippen molar-refractivity contribution < 1.29 is 28.7 Å². The van der Waals surface area contributed by atoms with Crippen LogP contribution in [-0.2, 0) is 28.7 Å². The zero-order valence-corrected chi connectivity index (χ0v) is 21.1. The molecular weight excluding hydrogens is 422 g/mol. The molecule has 0 aromatic carbocycles. The van der Waals surface area contributed by atoms with E-state index in [0.29, 0.717) is 6.42 Å². The number of rotatable bonds is 6. The van der Waals surface area contributed by atoms with Crippen LogP contribution in [0, 0.1) is 22.2 Å². The monoisotopic (exact) mass is 461 g/mol. The van der Waals surface area contributed by atoms with Crippen LogP contribution in [0.1, 0.15) is 87.0 Å². The van der Waals surface area contributed by atoms with Crippen LogP contribution in [0.15, 0.2) is 12.2 Å². The molecule has 184 valence electrons. The molecule has 0 aliphatic heterocycles. The molecule has 7 nitrogen and oxygen atoms in total. The van der Waals surface area contributed by atoms with Crippen LogP contribution in [-0.4, -0.2) is 41.4 Å². The normalized spacial score (nSPS) is 37.8. The van der Waals surface area contributed by atoms with Gasteiger partial charge >= 0.3 is 11.9 Å².